The van der Waals surface area contributed by atoms with E-state index in [1.54, 1.807) is 6.07 Å². The maximum atomic E-state index is 12.6. The summed E-state index contributed by atoms with van der Waals surface area (Å²) < 4.78 is 47.4. The second-order valence-corrected chi connectivity index (χ2v) is 8.01. The van der Waals surface area contributed by atoms with Crippen molar-refractivity contribution in [1.29, 1.82) is 0 Å². The van der Waals surface area contributed by atoms with E-state index in [1.165, 1.54) is 23.4 Å². The van der Waals surface area contributed by atoms with Gasteiger partial charge in [0.15, 0.2) is 0 Å². The molecule has 1 fully saturated rings. The van der Waals surface area contributed by atoms with E-state index in [2.05, 4.69) is 32.3 Å². The number of rotatable bonds is 4. The highest BCUT2D eigenvalue weighted by molar-refractivity contribution is 5.89. The van der Waals surface area contributed by atoms with Crippen LogP contribution in [-0.4, -0.2) is 21.5 Å². The Kier molecular flexibility index (Phi) is 3.94. The van der Waals surface area contributed by atoms with Crippen LogP contribution in [0.2, 0.25) is 0 Å². The smallest absolute Gasteiger partial charge is 0.406 e. The molecule has 0 aliphatic heterocycles. The summed E-state index contributed by atoms with van der Waals surface area (Å²) in [6, 6.07) is 10.3. The summed E-state index contributed by atoms with van der Waals surface area (Å²) >= 11 is 0. The summed E-state index contributed by atoms with van der Waals surface area (Å²) in [7, 11) is 0. The number of hydrogen-bond acceptors (Lipinski definition) is 4. The van der Waals surface area contributed by atoms with Gasteiger partial charge in [-0.15, -0.1) is 13.2 Å². The zero-order valence-corrected chi connectivity index (χ0v) is 16.3. The van der Waals surface area contributed by atoms with E-state index < -0.39 is 6.36 Å². The second-order valence-electron chi connectivity index (χ2n) is 8.01. The molecule has 0 saturated heterocycles. The largest absolute Gasteiger partial charge is 0.573 e. The molecule has 1 saturated carbocycles. The summed E-state index contributed by atoms with van der Waals surface area (Å²) in [6.07, 6.45) is 1.34. The maximum Gasteiger partial charge on any atom is 0.573 e. The van der Waals surface area contributed by atoms with Gasteiger partial charge in [0.2, 0.25) is 5.82 Å². The van der Waals surface area contributed by atoms with Crippen molar-refractivity contribution in [2.45, 2.75) is 38.0 Å². The zero-order valence-electron chi connectivity index (χ0n) is 16.3. The molecular formula is C23H17F3N3O2. The first-order valence-electron chi connectivity index (χ1n) is 10.2. The summed E-state index contributed by atoms with van der Waals surface area (Å²) in [5, 5.41) is 5.29. The minimum Gasteiger partial charge on any atom is -0.406 e. The minimum absolute atomic E-state index is 0.178. The zero-order chi connectivity index (χ0) is 21.2. The van der Waals surface area contributed by atoms with Crippen LogP contribution in [0.25, 0.3) is 33.7 Å². The topological polar surface area (TPSA) is 63.9 Å². The lowest BCUT2D eigenvalue weighted by atomic mass is 10.0. The van der Waals surface area contributed by atoms with Gasteiger partial charge in [-0.25, -0.2) is 0 Å². The number of aryl methyl sites for hydroxylation is 1. The van der Waals surface area contributed by atoms with E-state index in [-0.39, 0.29) is 11.7 Å². The van der Waals surface area contributed by atoms with E-state index in [1.807, 2.05) is 12.1 Å². The second kappa shape index (κ2) is 6.60. The van der Waals surface area contributed by atoms with Crippen LogP contribution in [0.15, 0.2) is 40.9 Å². The number of fused-ring (bicyclic) bond motifs is 3. The summed E-state index contributed by atoms with van der Waals surface area (Å²) in [5.41, 5.74) is 5.78. The Balaban J connectivity index is 1.36. The van der Waals surface area contributed by atoms with Crippen LogP contribution in [-0.2, 0) is 6.42 Å². The Morgan fingerprint density at radius 3 is 2.77 bits per heavy atom. The molecule has 6 rings (SSSR count). The quantitative estimate of drug-likeness (QED) is 0.426. The van der Waals surface area contributed by atoms with Crippen molar-refractivity contribution >= 4 is 10.9 Å². The van der Waals surface area contributed by atoms with Gasteiger partial charge in [-0.05, 0) is 79.1 Å². The first-order valence-corrected chi connectivity index (χ1v) is 10.2. The first kappa shape index (κ1) is 18.5. The SMILES string of the molecule is FC(F)(F)Oc1ccc(-c2nc(-c3ccc4[nH]c5c(c4c3)CC[CH]5)no2)c(C2CC2)c1. The standard InChI is InChI=1S/C23H17F3N3O2/c24-23(25,26)30-14-7-8-16(17(11-14)12-4-5-12)22-28-21(29-31-22)13-6-9-20-18(10-13)15-2-1-3-19(15)27-20/h3,6-12,27H,1-2,4-5H2. The van der Waals surface area contributed by atoms with Crippen LogP contribution in [0, 0.1) is 6.42 Å². The maximum absolute atomic E-state index is 12.6. The van der Waals surface area contributed by atoms with Crippen molar-refractivity contribution < 1.29 is 22.4 Å². The fourth-order valence-electron chi connectivity index (χ4n) is 4.33. The van der Waals surface area contributed by atoms with Gasteiger partial charge in [0.05, 0.1) is 0 Å². The molecule has 0 bridgehead atoms. The number of H-pyrrole nitrogens is 1. The molecule has 4 aromatic rings. The van der Waals surface area contributed by atoms with Gasteiger partial charge in [-0.1, -0.05) is 5.16 Å². The van der Waals surface area contributed by atoms with Crippen molar-refractivity contribution in [2.75, 3.05) is 0 Å². The van der Waals surface area contributed by atoms with Gasteiger partial charge in [-0.2, -0.15) is 4.98 Å². The molecule has 2 aliphatic carbocycles. The number of alkyl halides is 3. The van der Waals surface area contributed by atoms with Crippen LogP contribution in [0.3, 0.4) is 0 Å². The minimum atomic E-state index is -4.73. The third-order valence-corrected chi connectivity index (χ3v) is 5.87. The Morgan fingerprint density at radius 1 is 1.10 bits per heavy atom. The molecule has 5 nitrogen and oxygen atoms in total. The van der Waals surface area contributed by atoms with Gasteiger partial charge in [0.25, 0.3) is 5.89 Å². The number of benzene rings is 2. The van der Waals surface area contributed by atoms with Gasteiger partial charge in [0.1, 0.15) is 5.75 Å². The summed E-state index contributed by atoms with van der Waals surface area (Å²) in [6.45, 7) is 0. The van der Waals surface area contributed by atoms with Gasteiger partial charge in [0, 0.05) is 34.1 Å². The lowest BCUT2D eigenvalue weighted by Gasteiger charge is -2.11. The number of hydrogen-bond donors (Lipinski definition) is 1. The van der Waals surface area contributed by atoms with Crippen LogP contribution >= 0.6 is 0 Å². The van der Waals surface area contributed by atoms with Crippen LogP contribution in [0.5, 0.6) is 5.75 Å². The number of aromatic amines is 1. The first-order chi connectivity index (χ1) is 14.9. The van der Waals surface area contributed by atoms with Gasteiger partial charge < -0.3 is 14.2 Å². The van der Waals surface area contributed by atoms with E-state index >= 15 is 0 Å². The van der Waals surface area contributed by atoms with Crippen molar-refractivity contribution in [3.63, 3.8) is 0 Å². The fraction of sp³-hybridized carbons (Fsp3) is 0.261. The van der Waals surface area contributed by atoms with Crippen molar-refractivity contribution in [1.82, 2.24) is 15.1 Å². The lowest BCUT2D eigenvalue weighted by Crippen LogP contribution is -2.17. The monoisotopic (exact) mass is 424 g/mol. The third-order valence-electron chi connectivity index (χ3n) is 5.87. The Labute approximate surface area is 175 Å². The fourth-order valence-corrected chi connectivity index (χ4v) is 4.33. The van der Waals surface area contributed by atoms with Gasteiger partial charge >= 0.3 is 6.36 Å². The average molecular weight is 424 g/mol. The Bertz CT molecular complexity index is 1300. The third kappa shape index (κ3) is 3.36. The lowest BCUT2D eigenvalue weighted by molar-refractivity contribution is -0.274. The number of ether oxygens (including phenoxy) is 1. The number of nitrogens with zero attached hydrogens (tertiary/aromatic N) is 2. The summed E-state index contributed by atoms with van der Waals surface area (Å²) in [5.74, 6) is 0.688. The van der Waals surface area contributed by atoms with Gasteiger partial charge in [-0.3, -0.25) is 0 Å². The molecule has 1 N–H and O–H groups in total. The highest BCUT2D eigenvalue weighted by Gasteiger charge is 2.33. The number of halogens is 3. The molecule has 2 heterocycles. The Hall–Kier alpha value is -3.29. The molecule has 0 spiro atoms. The van der Waals surface area contributed by atoms with Crippen molar-refractivity contribution in [3.05, 3.63) is 59.6 Å². The number of nitrogens with one attached hydrogen (secondary N) is 1. The molecule has 31 heavy (non-hydrogen) atoms. The van der Waals surface area contributed by atoms with E-state index in [9.17, 15) is 13.2 Å². The molecule has 0 amide bonds. The molecule has 2 aliphatic rings. The van der Waals surface area contributed by atoms with E-state index in [0.717, 1.165) is 47.7 Å². The molecule has 0 unspecified atom stereocenters. The molecular weight excluding hydrogens is 407 g/mol. The van der Waals surface area contributed by atoms with Crippen LogP contribution in [0.4, 0.5) is 13.2 Å². The normalized spacial score (nSPS) is 16.1. The van der Waals surface area contributed by atoms with E-state index in [0.29, 0.717) is 17.3 Å². The predicted octanol–water partition coefficient (Wildman–Crippen LogP) is 6.16. The average Bonchev–Trinajstić information content (AvgIpc) is 3.13. The molecule has 157 valence electrons. The Morgan fingerprint density at radius 2 is 1.97 bits per heavy atom. The summed E-state index contributed by atoms with van der Waals surface area (Å²) in [4.78, 5) is 7.97. The highest BCUT2D eigenvalue weighted by Crippen LogP contribution is 2.46. The van der Waals surface area contributed by atoms with Crippen LogP contribution < -0.4 is 4.74 Å². The highest BCUT2D eigenvalue weighted by atomic mass is 19.4. The molecule has 2 aromatic carbocycles. The molecule has 1 radical (unpaired) electrons. The molecule has 8 heteroatoms. The van der Waals surface area contributed by atoms with Crippen molar-refractivity contribution in [3.8, 4) is 28.6 Å². The van der Waals surface area contributed by atoms with Crippen molar-refractivity contribution in [2.24, 2.45) is 0 Å². The molecule has 0 atom stereocenters. The number of aromatic nitrogens is 3. The van der Waals surface area contributed by atoms with E-state index in [4.69, 9.17) is 4.52 Å². The van der Waals surface area contributed by atoms with Crippen LogP contribution in [0.1, 0.15) is 42.0 Å². The molecule has 2 aromatic heterocycles. The predicted molar refractivity (Wildman–Crippen MR) is 107 cm³/mol.